The number of Topliss-reactive ketones (excluding diaryl/α,β-unsaturated/α-hetero) is 1. The standard InChI is InChI=1S/C29H44O9/c1-24(2,3)31-35-28(36-32-25(4,5)6)19-18-22(23(30)21-16-14-13-15-17-21)20-29(28,37-33-26(7,8)9)38-34-27(10,11)12/h13-20H,1-12H3. The zero-order valence-electron chi connectivity index (χ0n) is 24.8. The average molecular weight is 537 g/mol. The van der Waals surface area contributed by atoms with E-state index in [4.69, 9.17) is 39.1 Å². The molecule has 38 heavy (non-hydrogen) atoms. The molecule has 0 radical (unpaired) electrons. The lowest BCUT2D eigenvalue weighted by Crippen LogP contribution is -2.62. The number of ketones is 1. The number of carbonyl (C=O) groups is 1. The summed E-state index contributed by atoms with van der Waals surface area (Å²) in [4.78, 5) is 60.1. The Labute approximate surface area is 226 Å². The predicted octanol–water partition coefficient (Wildman–Crippen LogP) is 6.74. The van der Waals surface area contributed by atoms with Gasteiger partial charge in [-0.3, -0.25) is 4.79 Å². The van der Waals surface area contributed by atoms with Crippen LogP contribution in [0.15, 0.2) is 54.1 Å². The third-order valence-electron chi connectivity index (χ3n) is 4.27. The van der Waals surface area contributed by atoms with Crippen LogP contribution in [-0.2, 0) is 39.1 Å². The van der Waals surface area contributed by atoms with Crippen molar-refractivity contribution in [2.45, 2.75) is 117 Å². The van der Waals surface area contributed by atoms with Crippen molar-refractivity contribution in [2.24, 2.45) is 0 Å². The van der Waals surface area contributed by atoms with E-state index in [1.54, 1.807) is 107 Å². The highest BCUT2D eigenvalue weighted by molar-refractivity contribution is 6.10. The summed E-state index contributed by atoms with van der Waals surface area (Å²) in [6, 6.07) is 8.79. The van der Waals surface area contributed by atoms with Crippen LogP contribution < -0.4 is 0 Å². The molecular formula is C29H44O9. The zero-order chi connectivity index (χ0) is 29.0. The van der Waals surface area contributed by atoms with Gasteiger partial charge >= 0.3 is 11.6 Å². The summed E-state index contributed by atoms with van der Waals surface area (Å²) in [6.45, 7) is 21.4. The lowest BCUT2D eigenvalue weighted by molar-refractivity contribution is -0.630. The van der Waals surface area contributed by atoms with Gasteiger partial charge in [-0.2, -0.15) is 19.6 Å². The monoisotopic (exact) mass is 536 g/mol. The van der Waals surface area contributed by atoms with E-state index in [2.05, 4.69) is 0 Å². The molecule has 0 amide bonds. The summed E-state index contributed by atoms with van der Waals surface area (Å²) < 4.78 is 0. The molecule has 1 aliphatic carbocycles. The number of benzene rings is 1. The van der Waals surface area contributed by atoms with E-state index in [0.29, 0.717) is 5.56 Å². The second kappa shape index (κ2) is 11.7. The SMILES string of the molecule is CC(C)(C)OOC1(OOC(C)(C)C)C=CC(C(=O)c2ccccc2)=CC1(OOC(C)(C)C)OOC(C)(C)C. The van der Waals surface area contributed by atoms with Gasteiger partial charge in [0.15, 0.2) is 5.78 Å². The maximum absolute atomic E-state index is 13.5. The highest BCUT2D eigenvalue weighted by Crippen LogP contribution is 2.44. The fourth-order valence-corrected chi connectivity index (χ4v) is 2.68. The number of rotatable bonds is 10. The fraction of sp³-hybridized carbons (Fsp3) is 0.621. The molecule has 0 saturated carbocycles. The quantitative estimate of drug-likeness (QED) is 0.139. The van der Waals surface area contributed by atoms with Crippen molar-refractivity contribution in [3.63, 3.8) is 0 Å². The third kappa shape index (κ3) is 9.66. The molecule has 0 aromatic heterocycles. The van der Waals surface area contributed by atoms with E-state index in [-0.39, 0.29) is 11.4 Å². The van der Waals surface area contributed by atoms with E-state index in [1.165, 1.54) is 18.2 Å². The minimum atomic E-state index is -2.18. The molecular weight excluding hydrogens is 492 g/mol. The summed E-state index contributed by atoms with van der Waals surface area (Å²) >= 11 is 0. The molecule has 214 valence electrons. The number of hydrogen-bond acceptors (Lipinski definition) is 9. The molecule has 0 fully saturated rings. The molecule has 0 spiro atoms. The normalized spacial score (nSPS) is 17.8. The highest BCUT2D eigenvalue weighted by Gasteiger charge is 2.63. The van der Waals surface area contributed by atoms with Crippen molar-refractivity contribution in [3.05, 3.63) is 59.7 Å². The van der Waals surface area contributed by atoms with Gasteiger partial charge in [0, 0.05) is 11.1 Å². The fourth-order valence-electron chi connectivity index (χ4n) is 2.68. The maximum Gasteiger partial charge on any atom is 0.315 e. The van der Waals surface area contributed by atoms with E-state index in [1.807, 2.05) is 6.07 Å². The molecule has 9 heteroatoms. The number of hydrogen-bond donors (Lipinski definition) is 0. The zero-order valence-corrected chi connectivity index (χ0v) is 24.8. The predicted molar refractivity (Wildman–Crippen MR) is 141 cm³/mol. The largest absolute Gasteiger partial charge is 0.315 e. The molecule has 0 aliphatic heterocycles. The van der Waals surface area contributed by atoms with Gasteiger partial charge in [-0.15, -0.1) is 0 Å². The van der Waals surface area contributed by atoms with Gasteiger partial charge in [-0.05, 0) is 101 Å². The first-order chi connectivity index (χ1) is 17.2. The van der Waals surface area contributed by atoms with E-state index in [9.17, 15) is 4.79 Å². The van der Waals surface area contributed by atoms with Gasteiger partial charge in [0.05, 0.1) is 22.4 Å². The number of carbonyl (C=O) groups excluding carboxylic acids is 1. The van der Waals surface area contributed by atoms with Crippen molar-refractivity contribution in [2.75, 3.05) is 0 Å². The lowest BCUT2D eigenvalue weighted by Gasteiger charge is -2.45. The van der Waals surface area contributed by atoms with E-state index in [0.717, 1.165) is 0 Å². The maximum atomic E-state index is 13.5. The van der Waals surface area contributed by atoms with E-state index >= 15 is 0 Å². The van der Waals surface area contributed by atoms with Crippen molar-refractivity contribution < 1.29 is 43.9 Å². The second-order valence-electron chi connectivity index (χ2n) is 13.1. The Morgan fingerprint density at radius 3 is 1.32 bits per heavy atom. The third-order valence-corrected chi connectivity index (χ3v) is 4.27. The van der Waals surface area contributed by atoms with Crippen LogP contribution in [0.4, 0.5) is 0 Å². The lowest BCUT2D eigenvalue weighted by atomic mass is 9.91. The molecule has 9 nitrogen and oxygen atoms in total. The van der Waals surface area contributed by atoms with E-state index < -0.39 is 34.0 Å². The molecule has 0 heterocycles. The summed E-state index contributed by atoms with van der Waals surface area (Å²) in [5.74, 6) is -4.57. The molecule has 2 rings (SSSR count). The molecule has 1 aliphatic rings. The summed E-state index contributed by atoms with van der Waals surface area (Å²) in [5, 5.41) is 0. The Kier molecular flexibility index (Phi) is 9.89. The van der Waals surface area contributed by atoms with Crippen molar-refractivity contribution in [3.8, 4) is 0 Å². The van der Waals surface area contributed by atoms with Crippen molar-refractivity contribution in [1.29, 1.82) is 0 Å². The topological polar surface area (TPSA) is 90.9 Å². The van der Waals surface area contributed by atoms with Crippen LogP contribution in [0, 0.1) is 0 Å². The van der Waals surface area contributed by atoms with Gasteiger partial charge in [-0.25, -0.2) is 19.6 Å². The van der Waals surface area contributed by atoms with Gasteiger partial charge < -0.3 is 0 Å². The van der Waals surface area contributed by atoms with Crippen LogP contribution >= 0.6 is 0 Å². The summed E-state index contributed by atoms with van der Waals surface area (Å²) in [5.41, 5.74) is -2.51. The summed E-state index contributed by atoms with van der Waals surface area (Å²) in [6.07, 6.45) is 4.31. The van der Waals surface area contributed by atoms with Gasteiger partial charge in [0.2, 0.25) is 0 Å². The Hall–Kier alpha value is -1.95. The first kappa shape index (κ1) is 32.3. The average Bonchev–Trinajstić information content (AvgIpc) is 2.78. The smallest absolute Gasteiger partial charge is 0.289 e. The van der Waals surface area contributed by atoms with Crippen molar-refractivity contribution in [1.82, 2.24) is 0 Å². The molecule has 0 saturated heterocycles. The Morgan fingerprint density at radius 1 is 0.579 bits per heavy atom. The van der Waals surface area contributed by atoms with Gasteiger partial charge in [0.25, 0.3) is 0 Å². The molecule has 0 N–H and O–H groups in total. The highest BCUT2D eigenvalue weighted by atomic mass is 17.4. The Bertz CT molecular complexity index is 948. The first-order valence-corrected chi connectivity index (χ1v) is 12.7. The summed E-state index contributed by atoms with van der Waals surface area (Å²) in [7, 11) is 0. The van der Waals surface area contributed by atoms with Crippen LogP contribution in [-0.4, -0.2) is 39.8 Å². The van der Waals surface area contributed by atoms with Crippen molar-refractivity contribution >= 4 is 5.78 Å². The molecule has 0 atom stereocenters. The van der Waals surface area contributed by atoms with Crippen LogP contribution in [0.1, 0.15) is 93.4 Å². The van der Waals surface area contributed by atoms with Crippen LogP contribution in [0.5, 0.6) is 0 Å². The van der Waals surface area contributed by atoms with Gasteiger partial charge in [-0.1, -0.05) is 30.3 Å². The van der Waals surface area contributed by atoms with Crippen LogP contribution in [0.3, 0.4) is 0 Å². The minimum Gasteiger partial charge on any atom is -0.289 e. The number of allylic oxidation sites excluding steroid dienone is 2. The van der Waals surface area contributed by atoms with Gasteiger partial charge in [0.1, 0.15) is 0 Å². The Morgan fingerprint density at radius 2 is 0.947 bits per heavy atom. The Balaban J connectivity index is 2.75. The second-order valence-corrected chi connectivity index (χ2v) is 13.1. The van der Waals surface area contributed by atoms with Crippen LogP contribution in [0.2, 0.25) is 0 Å². The molecule has 1 aromatic carbocycles. The molecule has 0 bridgehead atoms. The van der Waals surface area contributed by atoms with Crippen LogP contribution in [0.25, 0.3) is 0 Å². The molecule has 0 unspecified atom stereocenters. The molecule has 1 aromatic rings. The first-order valence-electron chi connectivity index (χ1n) is 12.7. The minimum absolute atomic E-state index is 0.209.